The van der Waals surface area contributed by atoms with E-state index in [0.29, 0.717) is 0 Å². The molecule has 0 amide bonds. The van der Waals surface area contributed by atoms with E-state index in [2.05, 4.69) is 25.3 Å². The molecule has 0 saturated heterocycles. The summed E-state index contributed by atoms with van der Waals surface area (Å²) in [6, 6.07) is 0. The lowest BCUT2D eigenvalue weighted by atomic mass is 10.2. The summed E-state index contributed by atoms with van der Waals surface area (Å²) in [6.45, 7) is 5.26. The zero-order chi connectivity index (χ0) is 7.98. The van der Waals surface area contributed by atoms with Crippen molar-refractivity contribution >= 4 is 0 Å². The minimum atomic E-state index is 1.03. The quantitative estimate of drug-likeness (QED) is 0.471. The highest BCUT2D eigenvalue weighted by atomic mass is 15.5. The summed E-state index contributed by atoms with van der Waals surface area (Å²) in [6.07, 6.45) is 3.28. The molecule has 0 atom stereocenters. The van der Waals surface area contributed by atoms with Gasteiger partial charge >= 0.3 is 0 Å². The Balaban J connectivity index is 3.20. The topological polar surface area (TPSA) is 15.3 Å². The van der Waals surface area contributed by atoms with E-state index in [0.717, 1.165) is 13.0 Å². The van der Waals surface area contributed by atoms with E-state index in [9.17, 15) is 0 Å². The Morgan fingerprint density at radius 2 is 2.10 bits per heavy atom. The lowest BCUT2D eigenvalue weighted by molar-refractivity contribution is 0.292. The second-order valence-corrected chi connectivity index (χ2v) is 2.69. The van der Waals surface area contributed by atoms with E-state index in [4.69, 9.17) is 0 Å². The van der Waals surface area contributed by atoms with Crippen LogP contribution in [0.5, 0.6) is 0 Å². The van der Waals surface area contributed by atoms with Crippen molar-refractivity contribution in [1.29, 1.82) is 0 Å². The summed E-state index contributed by atoms with van der Waals surface area (Å²) in [5.41, 5.74) is 4.64. The van der Waals surface area contributed by atoms with Gasteiger partial charge in [-0.1, -0.05) is 11.6 Å². The van der Waals surface area contributed by atoms with Crippen molar-refractivity contribution in [1.82, 2.24) is 10.4 Å². The smallest absolute Gasteiger partial charge is 0.0139 e. The Bertz CT molecular complexity index is 106. The molecule has 0 bridgehead atoms. The van der Waals surface area contributed by atoms with Crippen LogP contribution in [0.15, 0.2) is 11.6 Å². The zero-order valence-electron chi connectivity index (χ0n) is 7.44. The van der Waals surface area contributed by atoms with Crippen molar-refractivity contribution in [3.63, 3.8) is 0 Å². The SMILES string of the molecule is C/C=C(\C)CCNN(C)C. The summed E-state index contributed by atoms with van der Waals surface area (Å²) >= 11 is 0. The first-order valence-corrected chi connectivity index (χ1v) is 3.69. The standard InChI is InChI=1S/C8H18N2/c1-5-8(2)6-7-9-10(3)4/h5,9H,6-7H2,1-4H3/b8-5+. The van der Waals surface area contributed by atoms with Gasteiger partial charge in [-0.05, 0) is 20.3 Å². The van der Waals surface area contributed by atoms with Gasteiger partial charge in [-0.2, -0.15) is 0 Å². The van der Waals surface area contributed by atoms with Crippen LogP contribution in [0.2, 0.25) is 0 Å². The van der Waals surface area contributed by atoms with Crippen molar-refractivity contribution in [3.8, 4) is 0 Å². The molecular formula is C8H18N2. The molecule has 0 aliphatic rings. The largest absolute Gasteiger partial charge is 0.255 e. The normalized spacial score (nSPS) is 12.7. The summed E-state index contributed by atoms with van der Waals surface area (Å²) < 4.78 is 0. The molecule has 0 unspecified atom stereocenters. The number of nitrogens with zero attached hydrogens (tertiary/aromatic N) is 1. The third-order valence-electron chi connectivity index (χ3n) is 1.44. The molecule has 1 N–H and O–H groups in total. The Morgan fingerprint density at radius 3 is 2.50 bits per heavy atom. The first kappa shape index (κ1) is 9.66. The average molecular weight is 142 g/mol. The van der Waals surface area contributed by atoms with Gasteiger partial charge in [-0.25, -0.2) is 0 Å². The molecular weight excluding hydrogens is 124 g/mol. The van der Waals surface area contributed by atoms with E-state index >= 15 is 0 Å². The van der Waals surface area contributed by atoms with Crippen LogP contribution < -0.4 is 5.43 Å². The van der Waals surface area contributed by atoms with Gasteiger partial charge in [0, 0.05) is 20.6 Å². The van der Waals surface area contributed by atoms with Gasteiger partial charge in [0.15, 0.2) is 0 Å². The van der Waals surface area contributed by atoms with Crippen LogP contribution in [-0.4, -0.2) is 25.6 Å². The molecule has 10 heavy (non-hydrogen) atoms. The van der Waals surface area contributed by atoms with Crippen molar-refractivity contribution in [2.45, 2.75) is 20.3 Å². The number of rotatable bonds is 4. The second-order valence-electron chi connectivity index (χ2n) is 2.69. The molecule has 0 aromatic rings. The third kappa shape index (κ3) is 5.79. The van der Waals surface area contributed by atoms with E-state index in [1.165, 1.54) is 5.57 Å². The van der Waals surface area contributed by atoms with E-state index in [-0.39, 0.29) is 0 Å². The Hall–Kier alpha value is -0.340. The van der Waals surface area contributed by atoms with Crippen molar-refractivity contribution in [2.75, 3.05) is 20.6 Å². The number of hydrogen-bond acceptors (Lipinski definition) is 2. The molecule has 0 spiro atoms. The van der Waals surface area contributed by atoms with Crippen LogP contribution >= 0.6 is 0 Å². The number of hydrazine groups is 1. The lowest BCUT2D eigenvalue weighted by Gasteiger charge is -2.11. The predicted molar refractivity (Wildman–Crippen MR) is 45.7 cm³/mol. The average Bonchev–Trinajstić information content (AvgIpc) is 1.87. The fourth-order valence-corrected chi connectivity index (χ4v) is 0.621. The zero-order valence-corrected chi connectivity index (χ0v) is 7.44. The van der Waals surface area contributed by atoms with Crippen molar-refractivity contribution in [2.24, 2.45) is 0 Å². The van der Waals surface area contributed by atoms with Gasteiger partial charge in [-0.3, -0.25) is 10.4 Å². The fourth-order valence-electron chi connectivity index (χ4n) is 0.621. The molecule has 0 radical (unpaired) electrons. The summed E-state index contributed by atoms with van der Waals surface area (Å²) in [7, 11) is 4.01. The molecule has 2 heteroatoms. The van der Waals surface area contributed by atoms with Gasteiger partial charge in [0.2, 0.25) is 0 Å². The minimum Gasteiger partial charge on any atom is -0.255 e. The summed E-state index contributed by atoms with van der Waals surface area (Å²) in [4.78, 5) is 0. The van der Waals surface area contributed by atoms with Crippen LogP contribution in [0.1, 0.15) is 20.3 Å². The van der Waals surface area contributed by atoms with Gasteiger partial charge in [0.1, 0.15) is 0 Å². The van der Waals surface area contributed by atoms with Gasteiger partial charge in [0.05, 0.1) is 0 Å². The monoisotopic (exact) mass is 142 g/mol. The number of hydrogen-bond donors (Lipinski definition) is 1. The maximum atomic E-state index is 3.20. The van der Waals surface area contributed by atoms with Crippen molar-refractivity contribution in [3.05, 3.63) is 11.6 Å². The Morgan fingerprint density at radius 1 is 1.50 bits per heavy atom. The van der Waals surface area contributed by atoms with Crippen LogP contribution in [0, 0.1) is 0 Å². The Kier molecular flexibility index (Phi) is 5.26. The van der Waals surface area contributed by atoms with Gasteiger partial charge in [0.25, 0.3) is 0 Å². The van der Waals surface area contributed by atoms with Crippen LogP contribution in [0.25, 0.3) is 0 Å². The molecule has 0 saturated carbocycles. The summed E-state index contributed by atoms with van der Waals surface area (Å²) in [5, 5.41) is 1.98. The number of allylic oxidation sites excluding steroid dienone is 1. The second kappa shape index (κ2) is 5.45. The highest BCUT2D eigenvalue weighted by Gasteiger charge is 1.88. The molecule has 0 heterocycles. The van der Waals surface area contributed by atoms with Gasteiger partial charge < -0.3 is 0 Å². The van der Waals surface area contributed by atoms with E-state index in [1.54, 1.807) is 0 Å². The fraction of sp³-hybridized carbons (Fsp3) is 0.750. The molecule has 0 rings (SSSR count). The maximum absolute atomic E-state index is 3.20. The molecule has 0 aromatic carbocycles. The van der Waals surface area contributed by atoms with Gasteiger partial charge in [-0.15, -0.1) is 0 Å². The van der Waals surface area contributed by atoms with Crippen molar-refractivity contribution < 1.29 is 0 Å². The van der Waals surface area contributed by atoms with Crippen LogP contribution in [0.4, 0.5) is 0 Å². The molecule has 2 nitrogen and oxygen atoms in total. The lowest BCUT2D eigenvalue weighted by Crippen LogP contribution is -2.31. The van der Waals surface area contributed by atoms with E-state index in [1.807, 2.05) is 19.1 Å². The molecule has 0 aliphatic heterocycles. The minimum absolute atomic E-state index is 1.03. The summed E-state index contributed by atoms with van der Waals surface area (Å²) in [5.74, 6) is 0. The first-order chi connectivity index (χ1) is 4.66. The molecule has 0 aromatic heterocycles. The van der Waals surface area contributed by atoms with E-state index < -0.39 is 0 Å². The third-order valence-corrected chi connectivity index (χ3v) is 1.44. The highest BCUT2D eigenvalue weighted by molar-refractivity contribution is 4.95. The predicted octanol–water partition coefficient (Wildman–Crippen LogP) is 1.41. The molecule has 60 valence electrons. The highest BCUT2D eigenvalue weighted by Crippen LogP contribution is 1.95. The number of nitrogens with one attached hydrogen (secondary N) is 1. The first-order valence-electron chi connectivity index (χ1n) is 3.69. The molecule has 0 aliphatic carbocycles. The van der Waals surface area contributed by atoms with Crippen LogP contribution in [0.3, 0.4) is 0 Å². The molecule has 0 fully saturated rings. The van der Waals surface area contributed by atoms with Crippen LogP contribution in [-0.2, 0) is 0 Å². The Labute approximate surface area is 63.9 Å². The maximum Gasteiger partial charge on any atom is 0.0139 e.